The standard InChI is InChI=1S/C21H18FNO2/c22-19-9-4-8-17(14-19)11-12-21(24)23(16-20-10-5-13-25-20)15-18-6-2-1-3-7-18/h1-14H,15-16H2/b12-11+. The number of furan rings is 1. The van der Waals surface area contributed by atoms with E-state index in [1.54, 1.807) is 35.4 Å². The number of hydrogen-bond acceptors (Lipinski definition) is 2. The Bertz CT molecular complexity index is 841. The highest BCUT2D eigenvalue weighted by Crippen LogP contribution is 2.12. The van der Waals surface area contributed by atoms with Crippen LogP contribution in [0.5, 0.6) is 0 Å². The first-order valence-corrected chi connectivity index (χ1v) is 7.99. The van der Waals surface area contributed by atoms with Gasteiger partial charge < -0.3 is 9.32 Å². The first-order chi connectivity index (χ1) is 12.2. The van der Waals surface area contributed by atoms with E-state index >= 15 is 0 Å². The second-order valence-corrected chi connectivity index (χ2v) is 5.65. The van der Waals surface area contributed by atoms with Crippen molar-refractivity contribution in [2.24, 2.45) is 0 Å². The van der Waals surface area contributed by atoms with Crippen LogP contribution in [0.4, 0.5) is 4.39 Å². The van der Waals surface area contributed by atoms with Crippen LogP contribution in [0.1, 0.15) is 16.9 Å². The molecule has 1 aromatic heterocycles. The molecule has 0 unspecified atom stereocenters. The van der Waals surface area contributed by atoms with Crippen LogP contribution in [0, 0.1) is 5.82 Å². The Labute approximate surface area is 146 Å². The van der Waals surface area contributed by atoms with E-state index in [9.17, 15) is 9.18 Å². The molecule has 4 heteroatoms. The van der Waals surface area contributed by atoms with Crippen molar-refractivity contribution in [3.05, 3.63) is 102 Å². The van der Waals surface area contributed by atoms with E-state index in [4.69, 9.17) is 4.42 Å². The minimum Gasteiger partial charge on any atom is -0.467 e. The van der Waals surface area contributed by atoms with Gasteiger partial charge in [-0.15, -0.1) is 0 Å². The van der Waals surface area contributed by atoms with Crippen molar-refractivity contribution in [3.8, 4) is 0 Å². The monoisotopic (exact) mass is 335 g/mol. The average molecular weight is 335 g/mol. The van der Waals surface area contributed by atoms with Crippen molar-refractivity contribution < 1.29 is 13.6 Å². The molecule has 2 aromatic carbocycles. The van der Waals surface area contributed by atoms with Gasteiger partial charge in [0, 0.05) is 12.6 Å². The van der Waals surface area contributed by atoms with E-state index < -0.39 is 0 Å². The lowest BCUT2D eigenvalue weighted by atomic mass is 10.2. The molecule has 0 N–H and O–H groups in total. The summed E-state index contributed by atoms with van der Waals surface area (Å²) in [5, 5.41) is 0. The molecule has 3 rings (SSSR count). The number of amides is 1. The molecular formula is C21H18FNO2. The summed E-state index contributed by atoms with van der Waals surface area (Å²) >= 11 is 0. The van der Waals surface area contributed by atoms with Gasteiger partial charge in [-0.25, -0.2) is 4.39 Å². The fraction of sp³-hybridized carbons (Fsp3) is 0.0952. The van der Waals surface area contributed by atoms with Gasteiger partial charge in [-0.05, 0) is 41.5 Å². The maximum absolute atomic E-state index is 13.2. The van der Waals surface area contributed by atoms with E-state index in [0.717, 1.165) is 5.56 Å². The second-order valence-electron chi connectivity index (χ2n) is 5.65. The minimum atomic E-state index is -0.327. The van der Waals surface area contributed by atoms with Gasteiger partial charge in [-0.2, -0.15) is 0 Å². The first-order valence-electron chi connectivity index (χ1n) is 7.99. The van der Waals surface area contributed by atoms with Gasteiger partial charge in [-0.1, -0.05) is 42.5 Å². The highest BCUT2D eigenvalue weighted by Gasteiger charge is 2.13. The molecule has 3 aromatic rings. The van der Waals surface area contributed by atoms with Crippen LogP contribution in [0.2, 0.25) is 0 Å². The fourth-order valence-corrected chi connectivity index (χ4v) is 2.49. The zero-order valence-corrected chi connectivity index (χ0v) is 13.6. The Hall–Kier alpha value is -3.14. The quantitative estimate of drug-likeness (QED) is 0.614. The number of carbonyl (C=O) groups excluding carboxylic acids is 1. The van der Waals surface area contributed by atoms with Crippen molar-refractivity contribution in [3.63, 3.8) is 0 Å². The highest BCUT2D eigenvalue weighted by atomic mass is 19.1. The van der Waals surface area contributed by atoms with Crippen LogP contribution in [0.15, 0.2) is 83.5 Å². The first kappa shape index (κ1) is 16.7. The third-order valence-electron chi connectivity index (χ3n) is 3.72. The van der Waals surface area contributed by atoms with Gasteiger partial charge in [0.2, 0.25) is 5.91 Å². The topological polar surface area (TPSA) is 33.5 Å². The number of halogens is 1. The normalized spacial score (nSPS) is 10.9. The van der Waals surface area contributed by atoms with E-state index in [0.29, 0.717) is 24.4 Å². The molecule has 0 aliphatic carbocycles. The zero-order valence-electron chi connectivity index (χ0n) is 13.6. The van der Waals surface area contributed by atoms with E-state index in [1.807, 2.05) is 36.4 Å². The maximum Gasteiger partial charge on any atom is 0.247 e. The number of nitrogens with zero attached hydrogens (tertiary/aromatic N) is 1. The number of hydrogen-bond donors (Lipinski definition) is 0. The lowest BCUT2D eigenvalue weighted by molar-refractivity contribution is -0.127. The van der Waals surface area contributed by atoms with Gasteiger partial charge in [0.25, 0.3) is 0 Å². The summed E-state index contributed by atoms with van der Waals surface area (Å²) in [5.41, 5.74) is 1.67. The van der Waals surface area contributed by atoms with Crippen LogP contribution in [-0.2, 0) is 17.9 Å². The second kappa shape index (κ2) is 8.11. The number of carbonyl (C=O) groups is 1. The Morgan fingerprint density at radius 2 is 1.84 bits per heavy atom. The molecule has 0 saturated heterocycles. The summed E-state index contributed by atoms with van der Waals surface area (Å²) in [5.74, 6) is 0.222. The Morgan fingerprint density at radius 3 is 2.56 bits per heavy atom. The predicted octanol–water partition coefficient (Wildman–Crippen LogP) is 4.66. The van der Waals surface area contributed by atoms with Gasteiger partial charge in [0.15, 0.2) is 0 Å². The summed E-state index contributed by atoms with van der Waals surface area (Å²) < 4.78 is 18.6. The van der Waals surface area contributed by atoms with Crippen molar-refractivity contribution >= 4 is 12.0 Å². The van der Waals surface area contributed by atoms with E-state index in [-0.39, 0.29) is 11.7 Å². The zero-order chi connectivity index (χ0) is 17.5. The number of benzene rings is 2. The van der Waals surface area contributed by atoms with Gasteiger partial charge >= 0.3 is 0 Å². The lowest BCUT2D eigenvalue weighted by Gasteiger charge is -2.20. The van der Waals surface area contributed by atoms with Gasteiger partial charge in [-0.3, -0.25) is 4.79 Å². The molecule has 0 saturated carbocycles. The Kier molecular flexibility index (Phi) is 5.42. The SMILES string of the molecule is O=C(/C=C/c1cccc(F)c1)N(Cc1ccccc1)Cc1ccco1. The van der Waals surface area contributed by atoms with Gasteiger partial charge in [0.05, 0.1) is 12.8 Å². The van der Waals surface area contributed by atoms with Crippen LogP contribution < -0.4 is 0 Å². The van der Waals surface area contributed by atoms with Crippen molar-refractivity contribution in [1.82, 2.24) is 4.90 Å². The predicted molar refractivity (Wildman–Crippen MR) is 94.8 cm³/mol. The molecule has 1 heterocycles. The maximum atomic E-state index is 13.2. The lowest BCUT2D eigenvalue weighted by Crippen LogP contribution is -2.28. The number of rotatable bonds is 6. The van der Waals surface area contributed by atoms with Crippen molar-refractivity contribution in [2.45, 2.75) is 13.1 Å². The van der Waals surface area contributed by atoms with Crippen LogP contribution in [0.3, 0.4) is 0 Å². The molecule has 1 amide bonds. The summed E-state index contributed by atoms with van der Waals surface area (Å²) in [6, 6.07) is 19.5. The molecule has 126 valence electrons. The molecule has 0 fully saturated rings. The third-order valence-corrected chi connectivity index (χ3v) is 3.72. The van der Waals surface area contributed by atoms with E-state index in [1.165, 1.54) is 18.2 Å². The molecule has 0 aliphatic rings. The largest absolute Gasteiger partial charge is 0.467 e. The summed E-state index contributed by atoms with van der Waals surface area (Å²) in [7, 11) is 0. The fourth-order valence-electron chi connectivity index (χ4n) is 2.49. The van der Waals surface area contributed by atoms with Crippen LogP contribution in [0.25, 0.3) is 6.08 Å². The molecule has 3 nitrogen and oxygen atoms in total. The smallest absolute Gasteiger partial charge is 0.247 e. The summed E-state index contributed by atoms with van der Waals surface area (Å²) in [4.78, 5) is 14.3. The highest BCUT2D eigenvalue weighted by molar-refractivity contribution is 5.91. The molecule has 0 spiro atoms. The Balaban J connectivity index is 1.76. The van der Waals surface area contributed by atoms with Gasteiger partial charge in [0.1, 0.15) is 11.6 Å². The average Bonchev–Trinajstić information content (AvgIpc) is 3.13. The third kappa shape index (κ3) is 4.91. The van der Waals surface area contributed by atoms with Crippen LogP contribution in [-0.4, -0.2) is 10.8 Å². The molecule has 25 heavy (non-hydrogen) atoms. The molecule has 0 atom stereocenters. The molecule has 0 radical (unpaired) electrons. The minimum absolute atomic E-state index is 0.162. The van der Waals surface area contributed by atoms with E-state index in [2.05, 4.69) is 0 Å². The van der Waals surface area contributed by atoms with Crippen molar-refractivity contribution in [2.75, 3.05) is 0 Å². The summed E-state index contributed by atoms with van der Waals surface area (Å²) in [6.45, 7) is 0.835. The van der Waals surface area contributed by atoms with Crippen molar-refractivity contribution in [1.29, 1.82) is 0 Å². The molecule has 0 bridgehead atoms. The van der Waals surface area contributed by atoms with Crippen LogP contribution >= 0.6 is 0 Å². The molecule has 0 aliphatic heterocycles. The molecular weight excluding hydrogens is 317 g/mol. The summed E-state index contributed by atoms with van der Waals surface area (Å²) in [6.07, 6.45) is 4.66. The Morgan fingerprint density at radius 1 is 1.00 bits per heavy atom.